The van der Waals surface area contributed by atoms with Crippen LogP contribution in [-0.2, 0) is 35.6 Å². The molecule has 12 heteroatoms. The van der Waals surface area contributed by atoms with Crippen LogP contribution in [0.15, 0.2) is 71.6 Å². The Bertz CT molecular complexity index is 1550. The number of unbranched alkanes of at least 4 members (excludes halogenated alkanes) is 1. The molecule has 244 valence electrons. The van der Waals surface area contributed by atoms with E-state index >= 15 is 0 Å². The molecule has 45 heavy (non-hydrogen) atoms. The maximum Gasteiger partial charge on any atom is 0.408 e. The third-order valence-corrected chi connectivity index (χ3v) is 8.00. The molecule has 0 heterocycles. The number of benzene rings is 3. The highest BCUT2D eigenvalue weighted by Crippen LogP contribution is 2.29. The number of ether oxygens (including phenoxy) is 1. The number of anilines is 1. The molecule has 11 nitrogen and oxygen atoms in total. The molecule has 2 amide bonds. The lowest BCUT2D eigenvalue weighted by molar-refractivity contribution is -0.150. The van der Waals surface area contributed by atoms with Crippen LogP contribution in [0.3, 0.4) is 0 Å². The summed E-state index contributed by atoms with van der Waals surface area (Å²) in [6.45, 7) is 9.66. The Kier molecular flexibility index (Phi) is 12.9. The Balaban J connectivity index is 1.66. The summed E-state index contributed by atoms with van der Waals surface area (Å²) in [7, 11) is -3.79. The molecule has 0 unspecified atom stereocenters. The minimum absolute atomic E-state index is 0.108. The Hall–Kier alpha value is -4.00. The van der Waals surface area contributed by atoms with E-state index in [4.69, 9.17) is 9.57 Å². The van der Waals surface area contributed by atoms with Crippen molar-refractivity contribution in [2.24, 2.45) is 5.92 Å². The minimum atomic E-state index is -3.79. The second-order valence-corrected chi connectivity index (χ2v) is 13.9. The number of nitrogens with one attached hydrogen (secondary N) is 4. The third-order valence-electron chi connectivity index (χ3n) is 6.52. The van der Waals surface area contributed by atoms with Crippen molar-refractivity contribution in [2.75, 3.05) is 18.4 Å². The number of carbonyl (C=O) groups is 3. The van der Waals surface area contributed by atoms with Crippen LogP contribution in [-0.4, -0.2) is 51.1 Å². The van der Waals surface area contributed by atoms with Crippen molar-refractivity contribution in [1.29, 1.82) is 0 Å². The quantitative estimate of drug-likeness (QED) is 0.133. The van der Waals surface area contributed by atoms with Crippen LogP contribution in [0, 0.1) is 5.92 Å². The van der Waals surface area contributed by atoms with Gasteiger partial charge in [-0.05, 0) is 63.6 Å². The lowest BCUT2D eigenvalue weighted by Gasteiger charge is -2.23. The lowest BCUT2D eigenvalue weighted by atomic mass is 10.1. The van der Waals surface area contributed by atoms with Crippen LogP contribution in [0.5, 0.6) is 0 Å². The predicted octanol–water partition coefficient (Wildman–Crippen LogP) is 5.07. The van der Waals surface area contributed by atoms with Gasteiger partial charge in [-0.15, -0.1) is 0 Å². The maximum absolute atomic E-state index is 13.5. The normalized spacial score (nSPS) is 12.5. The maximum atomic E-state index is 13.5. The van der Waals surface area contributed by atoms with Gasteiger partial charge in [0.15, 0.2) is 0 Å². The molecule has 0 saturated carbocycles. The van der Waals surface area contributed by atoms with Crippen LogP contribution < -0.4 is 20.8 Å². The first-order chi connectivity index (χ1) is 21.2. The highest BCUT2D eigenvalue weighted by Gasteiger charge is 2.25. The van der Waals surface area contributed by atoms with E-state index in [1.165, 1.54) is 6.07 Å². The Morgan fingerprint density at radius 3 is 2.24 bits per heavy atom. The summed E-state index contributed by atoms with van der Waals surface area (Å²) < 4.78 is 34.1. The van der Waals surface area contributed by atoms with Gasteiger partial charge in [-0.3, -0.25) is 9.59 Å². The molecule has 0 aliphatic carbocycles. The van der Waals surface area contributed by atoms with Crippen molar-refractivity contribution in [2.45, 2.75) is 76.8 Å². The van der Waals surface area contributed by atoms with Gasteiger partial charge >= 0.3 is 12.1 Å². The fourth-order valence-electron chi connectivity index (χ4n) is 4.39. The van der Waals surface area contributed by atoms with E-state index in [1.807, 2.05) is 44.2 Å². The largest absolute Gasteiger partial charge is 0.444 e. The summed E-state index contributed by atoms with van der Waals surface area (Å²) in [5, 5.41) is 6.51. The van der Waals surface area contributed by atoms with Crippen LogP contribution in [0.1, 0.15) is 59.4 Å². The molecule has 0 aromatic heterocycles. The van der Waals surface area contributed by atoms with E-state index in [-0.39, 0.29) is 23.7 Å². The van der Waals surface area contributed by atoms with Crippen LogP contribution >= 0.6 is 0 Å². The Morgan fingerprint density at radius 2 is 1.56 bits per heavy atom. The number of carbonyl (C=O) groups excluding carboxylic acids is 3. The lowest BCUT2D eigenvalue weighted by Crippen LogP contribution is -2.45. The van der Waals surface area contributed by atoms with Gasteiger partial charge in [-0.1, -0.05) is 68.4 Å². The van der Waals surface area contributed by atoms with Crippen molar-refractivity contribution >= 4 is 44.5 Å². The second-order valence-electron chi connectivity index (χ2n) is 12.1. The monoisotopic (exact) mass is 640 g/mol. The van der Waals surface area contributed by atoms with Crippen molar-refractivity contribution in [1.82, 2.24) is 15.5 Å². The third kappa shape index (κ3) is 11.8. The average Bonchev–Trinajstić information content (AvgIpc) is 2.96. The summed E-state index contributed by atoms with van der Waals surface area (Å²) >= 11 is 0. The van der Waals surface area contributed by atoms with Gasteiger partial charge in [0.1, 0.15) is 11.6 Å². The number of amides is 2. The van der Waals surface area contributed by atoms with Crippen LogP contribution in [0.4, 0.5) is 10.5 Å². The minimum Gasteiger partial charge on any atom is -0.444 e. The molecule has 0 aliphatic rings. The van der Waals surface area contributed by atoms with Crippen LogP contribution in [0.25, 0.3) is 10.8 Å². The number of fused-ring (bicyclic) bond motifs is 1. The summed E-state index contributed by atoms with van der Waals surface area (Å²) in [6, 6.07) is 18.2. The molecule has 1 atom stereocenters. The van der Waals surface area contributed by atoms with Gasteiger partial charge in [0, 0.05) is 29.5 Å². The number of hydrogen-bond donors (Lipinski definition) is 4. The predicted molar refractivity (Wildman–Crippen MR) is 174 cm³/mol. The van der Waals surface area contributed by atoms with Crippen molar-refractivity contribution < 1.29 is 32.4 Å². The van der Waals surface area contributed by atoms with Gasteiger partial charge < -0.3 is 20.2 Å². The first kappa shape index (κ1) is 35.5. The van der Waals surface area contributed by atoms with E-state index in [9.17, 15) is 22.8 Å². The summed E-state index contributed by atoms with van der Waals surface area (Å²) in [6.07, 6.45) is 0.742. The first-order valence-corrected chi connectivity index (χ1v) is 16.5. The van der Waals surface area contributed by atoms with Gasteiger partial charge in [0.25, 0.3) is 0 Å². The average molecular weight is 641 g/mol. The zero-order chi connectivity index (χ0) is 33.0. The van der Waals surface area contributed by atoms with Crippen molar-refractivity contribution in [3.63, 3.8) is 0 Å². The number of hydroxylamine groups is 1. The Labute approximate surface area is 265 Å². The van der Waals surface area contributed by atoms with Crippen molar-refractivity contribution in [3.05, 3.63) is 72.3 Å². The molecule has 0 fully saturated rings. The van der Waals surface area contributed by atoms with E-state index in [1.54, 1.807) is 51.1 Å². The van der Waals surface area contributed by atoms with Crippen LogP contribution in [0.2, 0.25) is 0 Å². The number of hydrogen-bond acceptors (Lipinski definition) is 8. The molecule has 0 saturated heterocycles. The molecular weight excluding hydrogens is 596 g/mol. The van der Waals surface area contributed by atoms with E-state index in [2.05, 4.69) is 20.8 Å². The molecule has 4 N–H and O–H groups in total. The highest BCUT2D eigenvalue weighted by molar-refractivity contribution is 7.89. The van der Waals surface area contributed by atoms with Gasteiger partial charge in [0.05, 0.1) is 11.3 Å². The van der Waals surface area contributed by atoms with Gasteiger partial charge in [-0.25, -0.2) is 17.9 Å². The smallest absolute Gasteiger partial charge is 0.408 e. The summed E-state index contributed by atoms with van der Waals surface area (Å²) in [4.78, 5) is 43.4. The second kappa shape index (κ2) is 16.4. The standard InChI is InChI=1S/C33H44N4O7S/c1-23(2)22-35-45(41,42)29-19-12-15-25-26(29)16-11-18-27(25)36-31(39)28(37-32(40)43-33(3,4)5)17-9-10-20-34-44-30(38)21-24-13-7-6-8-14-24/h6-8,11-16,18-19,23,28,34-35H,9-10,17,20-22H2,1-5H3,(H,36,39)(H,37,40)/t28-/m0/s1. The molecule has 0 aliphatic heterocycles. The molecule has 0 bridgehead atoms. The molecule has 0 spiro atoms. The number of alkyl carbamates (subject to hydrolysis) is 1. The Morgan fingerprint density at radius 1 is 0.867 bits per heavy atom. The first-order valence-electron chi connectivity index (χ1n) is 15.0. The molecule has 3 aromatic carbocycles. The SMILES string of the molecule is CC(C)CNS(=O)(=O)c1cccc2c(NC(=O)[C@H](CCCCNOC(=O)Cc3ccccc3)NC(=O)OC(C)(C)C)cccc12. The molecule has 3 rings (SSSR count). The van der Waals surface area contributed by atoms with Crippen molar-refractivity contribution in [3.8, 4) is 0 Å². The van der Waals surface area contributed by atoms with Gasteiger partial charge in [-0.2, -0.15) is 5.48 Å². The summed E-state index contributed by atoms with van der Waals surface area (Å²) in [5.41, 5.74) is 3.14. The van der Waals surface area contributed by atoms with E-state index in [0.717, 1.165) is 5.56 Å². The topological polar surface area (TPSA) is 152 Å². The fraction of sp³-hybridized carbons (Fsp3) is 0.424. The number of rotatable bonds is 15. The molecule has 3 aromatic rings. The molecular formula is C33H44N4O7S. The zero-order valence-electron chi connectivity index (χ0n) is 26.5. The van der Waals surface area contributed by atoms with E-state index in [0.29, 0.717) is 42.4 Å². The zero-order valence-corrected chi connectivity index (χ0v) is 27.3. The van der Waals surface area contributed by atoms with Gasteiger partial charge in [0.2, 0.25) is 15.9 Å². The molecule has 0 radical (unpaired) electrons. The highest BCUT2D eigenvalue weighted by atomic mass is 32.2. The number of sulfonamides is 1. The fourth-order valence-corrected chi connectivity index (χ4v) is 5.83. The summed E-state index contributed by atoms with van der Waals surface area (Å²) in [5.74, 6) is -0.766. The van der Waals surface area contributed by atoms with E-state index < -0.39 is 39.6 Å².